The third-order valence-electron chi connectivity index (χ3n) is 2.43. The van der Waals surface area contributed by atoms with E-state index in [2.05, 4.69) is 40.8 Å². The molecule has 0 aliphatic rings. The maximum atomic E-state index is 5.34. The van der Waals surface area contributed by atoms with E-state index in [1.807, 2.05) is 0 Å². The van der Waals surface area contributed by atoms with E-state index in [-0.39, 0.29) is 0 Å². The van der Waals surface area contributed by atoms with Gasteiger partial charge < -0.3 is 5.43 Å². The summed E-state index contributed by atoms with van der Waals surface area (Å²) in [4.78, 5) is 2.23. The highest BCUT2D eigenvalue weighted by Gasteiger charge is 2.12. The molecule has 6 heteroatoms. The van der Waals surface area contributed by atoms with Gasteiger partial charge >= 0.3 is 0 Å². The molecule has 14 heavy (non-hydrogen) atoms. The van der Waals surface area contributed by atoms with Gasteiger partial charge in [0.1, 0.15) is 10.7 Å². The van der Waals surface area contributed by atoms with Crippen LogP contribution in [0.25, 0.3) is 0 Å². The highest BCUT2D eigenvalue weighted by Crippen LogP contribution is 2.18. The van der Waals surface area contributed by atoms with Gasteiger partial charge in [-0.2, -0.15) is 0 Å². The van der Waals surface area contributed by atoms with Crippen LogP contribution in [0.15, 0.2) is 0 Å². The van der Waals surface area contributed by atoms with Crippen LogP contribution in [0, 0.1) is 0 Å². The summed E-state index contributed by atoms with van der Waals surface area (Å²) in [5.74, 6) is 5.34. The molecule has 0 saturated carbocycles. The molecule has 1 aromatic rings. The number of aromatic nitrogens is 2. The fraction of sp³-hybridized carbons (Fsp3) is 0.750. The van der Waals surface area contributed by atoms with Crippen molar-refractivity contribution in [3.8, 4) is 0 Å². The van der Waals surface area contributed by atoms with Gasteiger partial charge in [-0.05, 0) is 20.4 Å². The lowest BCUT2D eigenvalue weighted by Gasteiger charge is -2.22. The Kier molecular flexibility index (Phi) is 4.24. The van der Waals surface area contributed by atoms with E-state index in [0.717, 1.165) is 23.7 Å². The van der Waals surface area contributed by atoms with Crippen LogP contribution in [0.2, 0.25) is 0 Å². The van der Waals surface area contributed by atoms with E-state index in [1.54, 1.807) is 0 Å². The number of nitrogens with one attached hydrogen (secondary N) is 1. The largest absolute Gasteiger partial charge is 0.313 e. The van der Waals surface area contributed by atoms with Gasteiger partial charge in [0, 0.05) is 24.1 Å². The molecule has 0 aliphatic carbocycles. The SMILES string of the molecule is CCC(C)N(C)Cc1nnsc1NN. The second kappa shape index (κ2) is 5.23. The van der Waals surface area contributed by atoms with Crippen molar-refractivity contribution in [1.82, 2.24) is 14.5 Å². The first kappa shape index (κ1) is 11.4. The van der Waals surface area contributed by atoms with Gasteiger partial charge in [-0.3, -0.25) is 4.90 Å². The van der Waals surface area contributed by atoms with E-state index in [4.69, 9.17) is 5.84 Å². The lowest BCUT2D eigenvalue weighted by atomic mass is 10.2. The third-order valence-corrected chi connectivity index (χ3v) is 3.13. The molecule has 0 spiro atoms. The van der Waals surface area contributed by atoms with Crippen molar-refractivity contribution in [2.75, 3.05) is 12.5 Å². The van der Waals surface area contributed by atoms with Gasteiger partial charge in [-0.25, -0.2) is 5.84 Å². The molecule has 1 rings (SSSR count). The second-order valence-electron chi connectivity index (χ2n) is 3.37. The molecule has 1 aromatic heterocycles. The van der Waals surface area contributed by atoms with Crippen molar-refractivity contribution >= 4 is 16.5 Å². The van der Waals surface area contributed by atoms with Crippen molar-refractivity contribution in [1.29, 1.82) is 0 Å². The van der Waals surface area contributed by atoms with Gasteiger partial charge in [0.05, 0.1) is 0 Å². The highest BCUT2D eigenvalue weighted by molar-refractivity contribution is 7.10. The molecular weight excluding hydrogens is 198 g/mol. The molecule has 0 aliphatic heterocycles. The Bertz CT molecular complexity index is 274. The predicted octanol–water partition coefficient (Wildman–Crippen LogP) is 1.05. The van der Waals surface area contributed by atoms with Crippen LogP contribution in [-0.2, 0) is 6.54 Å². The average Bonchev–Trinajstić information content (AvgIpc) is 2.63. The van der Waals surface area contributed by atoms with Gasteiger partial charge in [0.25, 0.3) is 0 Å². The average molecular weight is 215 g/mol. The summed E-state index contributed by atoms with van der Waals surface area (Å²) in [7, 11) is 2.08. The summed E-state index contributed by atoms with van der Waals surface area (Å²) in [6.45, 7) is 5.14. The van der Waals surface area contributed by atoms with E-state index < -0.39 is 0 Å². The second-order valence-corrected chi connectivity index (χ2v) is 4.12. The Balaban J connectivity index is 2.59. The van der Waals surface area contributed by atoms with Crippen LogP contribution in [0.3, 0.4) is 0 Å². The molecule has 0 saturated heterocycles. The molecule has 80 valence electrons. The van der Waals surface area contributed by atoms with Gasteiger partial charge in [-0.15, -0.1) is 5.10 Å². The monoisotopic (exact) mass is 215 g/mol. The number of anilines is 1. The number of nitrogens with two attached hydrogens (primary N) is 1. The molecule has 1 unspecified atom stereocenters. The fourth-order valence-electron chi connectivity index (χ4n) is 1.13. The van der Waals surface area contributed by atoms with Crippen LogP contribution < -0.4 is 11.3 Å². The van der Waals surface area contributed by atoms with Crippen molar-refractivity contribution in [3.63, 3.8) is 0 Å². The lowest BCUT2D eigenvalue weighted by Crippen LogP contribution is -2.28. The van der Waals surface area contributed by atoms with Crippen LogP contribution in [-0.4, -0.2) is 27.6 Å². The minimum absolute atomic E-state index is 0.544. The Morgan fingerprint density at radius 3 is 2.93 bits per heavy atom. The van der Waals surface area contributed by atoms with Crippen LogP contribution >= 0.6 is 11.5 Å². The van der Waals surface area contributed by atoms with Crippen LogP contribution in [0.4, 0.5) is 5.00 Å². The van der Waals surface area contributed by atoms with Crippen LogP contribution in [0.5, 0.6) is 0 Å². The minimum Gasteiger partial charge on any atom is -0.313 e. The van der Waals surface area contributed by atoms with Crippen LogP contribution in [0.1, 0.15) is 26.0 Å². The van der Waals surface area contributed by atoms with Gasteiger partial charge in [0.2, 0.25) is 0 Å². The summed E-state index contributed by atoms with van der Waals surface area (Å²) >= 11 is 1.29. The normalized spacial score (nSPS) is 13.2. The minimum atomic E-state index is 0.544. The van der Waals surface area contributed by atoms with Crippen molar-refractivity contribution in [2.24, 2.45) is 5.84 Å². The van der Waals surface area contributed by atoms with E-state index in [9.17, 15) is 0 Å². The molecule has 5 nitrogen and oxygen atoms in total. The predicted molar refractivity (Wildman–Crippen MR) is 58.9 cm³/mol. The van der Waals surface area contributed by atoms with E-state index >= 15 is 0 Å². The number of hydrogen-bond acceptors (Lipinski definition) is 6. The number of hydrazine groups is 1. The Hall–Kier alpha value is -0.720. The lowest BCUT2D eigenvalue weighted by molar-refractivity contribution is 0.241. The Morgan fingerprint density at radius 1 is 1.64 bits per heavy atom. The first-order valence-corrected chi connectivity index (χ1v) is 5.44. The first-order valence-electron chi connectivity index (χ1n) is 4.67. The van der Waals surface area contributed by atoms with Crippen molar-refractivity contribution < 1.29 is 0 Å². The number of nitrogen functional groups attached to an aromatic ring is 1. The van der Waals surface area contributed by atoms with Gasteiger partial charge in [-0.1, -0.05) is 11.4 Å². The Morgan fingerprint density at radius 2 is 2.36 bits per heavy atom. The number of hydrogen-bond donors (Lipinski definition) is 2. The quantitative estimate of drug-likeness (QED) is 0.568. The maximum absolute atomic E-state index is 5.34. The summed E-state index contributed by atoms with van der Waals surface area (Å²) in [6.07, 6.45) is 1.12. The molecule has 0 amide bonds. The highest BCUT2D eigenvalue weighted by atomic mass is 32.1. The summed E-state index contributed by atoms with van der Waals surface area (Å²) in [5.41, 5.74) is 3.52. The molecule has 0 fully saturated rings. The zero-order chi connectivity index (χ0) is 10.6. The molecular formula is C8H17N5S. The fourth-order valence-corrected chi connectivity index (χ4v) is 1.61. The summed E-state index contributed by atoms with van der Waals surface area (Å²) in [6, 6.07) is 0.544. The number of rotatable bonds is 5. The standard InChI is InChI=1S/C8H17N5S/c1-4-6(2)13(3)5-7-8(10-9)14-12-11-7/h6,10H,4-5,9H2,1-3H3. The molecule has 0 bridgehead atoms. The smallest absolute Gasteiger partial charge is 0.148 e. The topological polar surface area (TPSA) is 67.1 Å². The zero-order valence-electron chi connectivity index (χ0n) is 8.82. The molecule has 0 aromatic carbocycles. The third kappa shape index (κ3) is 2.63. The molecule has 3 N–H and O–H groups in total. The van der Waals surface area contributed by atoms with E-state index in [1.165, 1.54) is 11.5 Å². The van der Waals surface area contributed by atoms with Crippen molar-refractivity contribution in [2.45, 2.75) is 32.9 Å². The molecule has 1 atom stereocenters. The van der Waals surface area contributed by atoms with Gasteiger partial charge in [0.15, 0.2) is 0 Å². The summed E-state index contributed by atoms with van der Waals surface area (Å²) in [5, 5.41) is 4.88. The zero-order valence-corrected chi connectivity index (χ0v) is 9.64. The Labute approximate surface area is 88.4 Å². The first-order chi connectivity index (χ1) is 6.69. The maximum Gasteiger partial charge on any atom is 0.148 e. The van der Waals surface area contributed by atoms with Crippen molar-refractivity contribution in [3.05, 3.63) is 5.69 Å². The molecule has 1 heterocycles. The summed E-state index contributed by atoms with van der Waals surface area (Å²) < 4.78 is 3.85. The molecule has 0 radical (unpaired) electrons. The van der Waals surface area contributed by atoms with E-state index in [0.29, 0.717) is 6.04 Å². The number of nitrogens with zero attached hydrogens (tertiary/aromatic N) is 3.